The first kappa shape index (κ1) is 10.3. The van der Waals surface area contributed by atoms with Gasteiger partial charge in [-0.2, -0.15) is 0 Å². The van der Waals surface area contributed by atoms with Crippen molar-refractivity contribution in [2.75, 3.05) is 27.2 Å². The Labute approximate surface area is 79.1 Å². The smallest absolute Gasteiger partial charge is 0.319 e. The molecule has 0 aromatic rings. The molecule has 0 spiro atoms. The summed E-state index contributed by atoms with van der Waals surface area (Å²) >= 11 is 0. The van der Waals surface area contributed by atoms with E-state index in [-0.39, 0.29) is 24.6 Å². The number of aliphatic hydroxyl groups is 1. The second-order valence-corrected chi connectivity index (χ2v) is 3.84. The van der Waals surface area contributed by atoms with Crippen LogP contribution in [0.2, 0.25) is 0 Å². The van der Waals surface area contributed by atoms with E-state index in [0.29, 0.717) is 0 Å². The Bertz CT molecular complexity index is 194. The highest BCUT2D eigenvalue weighted by Gasteiger charge is 2.33. The SMILES string of the molecule is CC1C(CO)CCN1C(=O)N(C)C. The quantitative estimate of drug-likeness (QED) is 0.643. The van der Waals surface area contributed by atoms with Crippen molar-refractivity contribution in [1.29, 1.82) is 0 Å². The van der Waals surface area contributed by atoms with E-state index in [0.717, 1.165) is 13.0 Å². The molecule has 1 aliphatic heterocycles. The fourth-order valence-corrected chi connectivity index (χ4v) is 1.77. The second-order valence-electron chi connectivity index (χ2n) is 3.84. The number of rotatable bonds is 1. The highest BCUT2D eigenvalue weighted by atomic mass is 16.3. The van der Waals surface area contributed by atoms with Crippen molar-refractivity contribution in [2.45, 2.75) is 19.4 Å². The number of nitrogens with zero attached hydrogens (tertiary/aromatic N) is 2. The van der Waals surface area contributed by atoms with Gasteiger partial charge >= 0.3 is 6.03 Å². The first-order chi connectivity index (χ1) is 6.07. The number of amides is 2. The standard InChI is InChI=1S/C9H18N2O2/c1-7-8(6-12)4-5-11(7)9(13)10(2)3/h7-8,12H,4-6H2,1-3H3. The zero-order valence-corrected chi connectivity index (χ0v) is 8.53. The first-order valence-corrected chi connectivity index (χ1v) is 4.66. The second kappa shape index (κ2) is 3.96. The fraction of sp³-hybridized carbons (Fsp3) is 0.889. The van der Waals surface area contributed by atoms with Gasteiger partial charge in [-0.25, -0.2) is 4.79 Å². The van der Waals surface area contributed by atoms with E-state index in [1.165, 1.54) is 0 Å². The summed E-state index contributed by atoms with van der Waals surface area (Å²) in [5.41, 5.74) is 0. The maximum absolute atomic E-state index is 11.6. The molecule has 0 aromatic heterocycles. The van der Waals surface area contributed by atoms with Gasteiger partial charge in [-0.15, -0.1) is 0 Å². The van der Waals surface area contributed by atoms with Gasteiger partial charge < -0.3 is 14.9 Å². The van der Waals surface area contributed by atoms with Crippen LogP contribution in [0.3, 0.4) is 0 Å². The van der Waals surface area contributed by atoms with Gasteiger partial charge in [-0.3, -0.25) is 0 Å². The molecule has 0 aromatic carbocycles. The number of carbonyl (C=O) groups excluding carboxylic acids is 1. The average Bonchev–Trinajstić information content (AvgIpc) is 2.45. The summed E-state index contributed by atoms with van der Waals surface area (Å²) in [6.07, 6.45) is 0.914. The molecule has 1 fully saturated rings. The van der Waals surface area contributed by atoms with Crippen molar-refractivity contribution in [3.05, 3.63) is 0 Å². The van der Waals surface area contributed by atoms with Crippen molar-refractivity contribution >= 4 is 6.03 Å². The van der Waals surface area contributed by atoms with Crippen LogP contribution in [0.15, 0.2) is 0 Å². The van der Waals surface area contributed by atoms with Gasteiger partial charge in [0.2, 0.25) is 0 Å². The van der Waals surface area contributed by atoms with Crippen LogP contribution in [-0.4, -0.2) is 54.2 Å². The van der Waals surface area contributed by atoms with E-state index in [9.17, 15) is 4.79 Å². The molecule has 0 bridgehead atoms. The summed E-state index contributed by atoms with van der Waals surface area (Å²) in [6, 6.07) is 0.211. The summed E-state index contributed by atoms with van der Waals surface area (Å²) in [5.74, 6) is 0.254. The molecule has 1 aliphatic rings. The Morgan fingerprint density at radius 2 is 2.23 bits per heavy atom. The maximum atomic E-state index is 11.6. The summed E-state index contributed by atoms with van der Waals surface area (Å²) in [7, 11) is 3.50. The fourth-order valence-electron chi connectivity index (χ4n) is 1.77. The molecule has 13 heavy (non-hydrogen) atoms. The van der Waals surface area contributed by atoms with Crippen molar-refractivity contribution in [2.24, 2.45) is 5.92 Å². The van der Waals surface area contributed by atoms with Crippen LogP contribution in [0.5, 0.6) is 0 Å². The largest absolute Gasteiger partial charge is 0.396 e. The molecule has 1 saturated heterocycles. The highest BCUT2D eigenvalue weighted by molar-refractivity contribution is 5.74. The third-order valence-corrected chi connectivity index (χ3v) is 2.78. The van der Waals surface area contributed by atoms with Gasteiger partial charge in [0.1, 0.15) is 0 Å². The third kappa shape index (κ3) is 1.94. The maximum Gasteiger partial charge on any atom is 0.319 e. The number of aliphatic hydroxyl groups excluding tert-OH is 1. The molecule has 0 radical (unpaired) electrons. The summed E-state index contributed by atoms with van der Waals surface area (Å²) < 4.78 is 0. The molecule has 0 saturated carbocycles. The average molecular weight is 186 g/mol. The molecular formula is C9H18N2O2. The normalized spacial score (nSPS) is 27.8. The van der Waals surface area contributed by atoms with Gasteiger partial charge in [-0.1, -0.05) is 0 Å². The van der Waals surface area contributed by atoms with E-state index >= 15 is 0 Å². The molecule has 76 valence electrons. The molecule has 2 atom stereocenters. The van der Waals surface area contributed by atoms with Gasteiger partial charge in [0, 0.05) is 39.2 Å². The molecule has 1 N–H and O–H groups in total. The molecule has 2 unspecified atom stereocenters. The Morgan fingerprint density at radius 1 is 1.62 bits per heavy atom. The minimum Gasteiger partial charge on any atom is -0.396 e. The number of urea groups is 1. The van der Waals surface area contributed by atoms with E-state index in [2.05, 4.69) is 0 Å². The third-order valence-electron chi connectivity index (χ3n) is 2.78. The monoisotopic (exact) mass is 186 g/mol. The van der Waals surface area contributed by atoms with Crippen molar-refractivity contribution < 1.29 is 9.90 Å². The minimum atomic E-state index is 0.0449. The lowest BCUT2D eigenvalue weighted by atomic mass is 10.0. The van der Waals surface area contributed by atoms with Gasteiger partial charge in [-0.05, 0) is 13.3 Å². The zero-order valence-electron chi connectivity index (χ0n) is 8.53. The van der Waals surface area contributed by atoms with Crippen LogP contribution in [-0.2, 0) is 0 Å². The van der Waals surface area contributed by atoms with E-state index in [4.69, 9.17) is 5.11 Å². The topological polar surface area (TPSA) is 43.8 Å². The lowest BCUT2D eigenvalue weighted by molar-refractivity contribution is 0.151. The van der Waals surface area contributed by atoms with Gasteiger partial charge in [0.25, 0.3) is 0 Å². The number of carbonyl (C=O) groups is 1. The minimum absolute atomic E-state index is 0.0449. The summed E-state index contributed by atoms with van der Waals surface area (Å²) in [4.78, 5) is 15.0. The molecule has 0 aliphatic carbocycles. The van der Waals surface area contributed by atoms with Crippen LogP contribution in [0, 0.1) is 5.92 Å². The van der Waals surface area contributed by atoms with Gasteiger partial charge in [0.15, 0.2) is 0 Å². The molecule has 1 heterocycles. The lowest BCUT2D eigenvalue weighted by Gasteiger charge is -2.27. The van der Waals surface area contributed by atoms with E-state index in [1.807, 2.05) is 11.8 Å². The van der Waals surface area contributed by atoms with Crippen molar-refractivity contribution in [3.8, 4) is 0 Å². The van der Waals surface area contributed by atoms with Crippen LogP contribution < -0.4 is 0 Å². The van der Waals surface area contributed by atoms with E-state index in [1.54, 1.807) is 19.0 Å². The Morgan fingerprint density at radius 3 is 2.62 bits per heavy atom. The number of hydrogen-bond acceptors (Lipinski definition) is 2. The van der Waals surface area contributed by atoms with Crippen LogP contribution in [0.25, 0.3) is 0 Å². The zero-order chi connectivity index (χ0) is 10.0. The Balaban J connectivity index is 2.59. The van der Waals surface area contributed by atoms with Crippen LogP contribution in [0.1, 0.15) is 13.3 Å². The number of likely N-dealkylation sites (tertiary alicyclic amines) is 1. The molecule has 2 amide bonds. The summed E-state index contributed by atoms with van der Waals surface area (Å²) in [6.45, 7) is 2.94. The molecule has 4 heteroatoms. The molecule has 4 nitrogen and oxygen atoms in total. The predicted octanol–water partition coefficient (Wildman–Crippen LogP) is 0.371. The predicted molar refractivity (Wildman–Crippen MR) is 50.4 cm³/mol. The first-order valence-electron chi connectivity index (χ1n) is 4.66. The van der Waals surface area contributed by atoms with Gasteiger partial charge in [0.05, 0.1) is 0 Å². The van der Waals surface area contributed by atoms with E-state index < -0.39 is 0 Å². The lowest BCUT2D eigenvalue weighted by Crippen LogP contribution is -2.42. The van der Waals surface area contributed by atoms with Crippen LogP contribution in [0.4, 0.5) is 4.79 Å². The summed E-state index contributed by atoms with van der Waals surface area (Å²) in [5, 5.41) is 9.02. The molecular weight excluding hydrogens is 168 g/mol. The Hall–Kier alpha value is -0.770. The van der Waals surface area contributed by atoms with Crippen LogP contribution >= 0.6 is 0 Å². The Kier molecular flexibility index (Phi) is 3.14. The number of hydrogen-bond donors (Lipinski definition) is 1. The van der Waals surface area contributed by atoms with Crippen molar-refractivity contribution in [3.63, 3.8) is 0 Å². The van der Waals surface area contributed by atoms with Crippen molar-refractivity contribution in [1.82, 2.24) is 9.80 Å². The highest BCUT2D eigenvalue weighted by Crippen LogP contribution is 2.23. The molecule has 1 rings (SSSR count).